The second-order valence-corrected chi connectivity index (χ2v) is 4.11. The number of benzene rings is 1. The van der Waals surface area contributed by atoms with Crippen LogP contribution in [0.25, 0.3) is 0 Å². The van der Waals surface area contributed by atoms with Gasteiger partial charge in [-0.2, -0.15) is 5.10 Å². The lowest BCUT2D eigenvalue weighted by Gasteiger charge is -2.17. The highest BCUT2D eigenvalue weighted by Crippen LogP contribution is 2.21. The second kappa shape index (κ2) is 5.75. The van der Waals surface area contributed by atoms with Gasteiger partial charge in [0.25, 0.3) is 0 Å². The van der Waals surface area contributed by atoms with Crippen LogP contribution in [-0.4, -0.2) is 28.0 Å². The number of rotatable bonds is 5. The molecule has 0 aliphatic rings. The third-order valence-corrected chi connectivity index (χ3v) is 2.70. The number of aliphatic hydroxyl groups excluding tert-OH is 1. The first-order chi connectivity index (χ1) is 8.70. The van der Waals surface area contributed by atoms with E-state index in [0.29, 0.717) is 6.54 Å². The van der Waals surface area contributed by atoms with E-state index in [1.807, 2.05) is 19.3 Å². The van der Waals surface area contributed by atoms with E-state index in [9.17, 15) is 4.39 Å². The molecule has 0 saturated carbocycles. The molecular formula is C13H16FN3O. The van der Waals surface area contributed by atoms with E-state index >= 15 is 0 Å². The zero-order chi connectivity index (χ0) is 13.0. The van der Waals surface area contributed by atoms with E-state index in [1.54, 1.807) is 16.9 Å². The van der Waals surface area contributed by atoms with Gasteiger partial charge in [0.05, 0.1) is 18.8 Å². The van der Waals surface area contributed by atoms with Gasteiger partial charge in [0.15, 0.2) is 0 Å². The number of aliphatic hydroxyl groups is 1. The standard InChI is InChI=1S/C13H16FN3O/c1-17-9-11(8-16-17)13(15-5-6-18)10-3-2-4-12(14)7-10/h2-4,7-9,13,15,18H,5-6H2,1H3. The van der Waals surface area contributed by atoms with Crippen molar-refractivity contribution in [2.24, 2.45) is 7.05 Å². The Labute approximate surface area is 105 Å². The van der Waals surface area contributed by atoms with E-state index in [4.69, 9.17) is 5.11 Å². The highest BCUT2D eigenvalue weighted by molar-refractivity contribution is 5.29. The largest absolute Gasteiger partial charge is 0.395 e. The molecule has 2 rings (SSSR count). The Balaban J connectivity index is 2.30. The minimum atomic E-state index is -0.271. The molecule has 2 N–H and O–H groups in total. The van der Waals surface area contributed by atoms with Crippen molar-refractivity contribution < 1.29 is 9.50 Å². The van der Waals surface area contributed by atoms with Gasteiger partial charge in [-0.25, -0.2) is 4.39 Å². The van der Waals surface area contributed by atoms with Gasteiger partial charge in [0.1, 0.15) is 5.82 Å². The summed E-state index contributed by atoms with van der Waals surface area (Å²) in [6.07, 6.45) is 3.61. The number of nitrogens with zero attached hydrogens (tertiary/aromatic N) is 2. The van der Waals surface area contributed by atoms with Crippen LogP contribution in [0.4, 0.5) is 4.39 Å². The highest BCUT2D eigenvalue weighted by Gasteiger charge is 2.15. The zero-order valence-electron chi connectivity index (χ0n) is 10.2. The van der Waals surface area contributed by atoms with Crippen LogP contribution in [0.2, 0.25) is 0 Å². The normalized spacial score (nSPS) is 12.6. The van der Waals surface area contributed by atoms with Crippen LogP contribution in [-0.2, 0) is 7.05 Å². The van der Waals surface area contributed by atoms with Crippen LogP contribution in [0.5, 0.6) is 0 Å². The smallest absolute Gasteiger partial charge is 0.123 e. The van der Waals surface area contributed by atoms with Crippen LogP contribution in [0.1, 0.15) is 17.2 Å². The summed E-state index contributed by atoms with van der Waals surface area (Å²) in [7, 11) is 1.83. The van der Waals surface area contributed by atoms with Gasteiger partial charge in [-0.3, -0.25) is 4.68 Å². The fourth-order valence-corrected chi connectivity index (χ4v) is 1.91. The molecule has 0 spiro atoms. The molecule has 0 fully saturated rings. The van der Waals surface area contributed by atoms with Crippen LogP contribution in [0, 0.1) is 5.82 Å². The topological polar surface area (TPSA) is 50.1 Å². The molecule has 5 heteroatoms. The lowest BCUT2D eigenvalue weighted by atomic mass is 10.0. The summed E-state index contributed by atoms with van der Waals surface area (Å²) in [5.41, 5.74) is 1.76. The maximum Gasteiger partial charge on any atom is 0.123 e. The van der Waals surface area contributed by atoms with Crippen molar-refractivity contribution in [3.05, 3.63) is 53.6 Å². The molecule has 1 unspecified atom stereocenters. The summed E-state index contributed by atoms with van der Waals surface area (Å²) in [6, 6.07) is 6.26. The van der Waals surface area contributed by atoms with Gasteiger partial charge in [0, 0.05) is 25.4 Å². The first kappa shape index (κ1) is 12.7. The molecule has 0 aliphatic heterocycles. The van der Waals surface area contributed by atoms with Gasteiger partial charge >= 0.3 is 0 Å². The zero-order valence-corrected chi connectivity index (χ0v) is 10.2. The molecule has 18 heavy (non-hydrogen) atoms. The molecule has 0 radical (unpaired) electrons. The van der Waals surface area contributed by atoms with Crippen LogP contribution in [0.3, 0.4) is 0 Å². The fourth-order valence-electron chi connectivity index (χ4n) is 1.91. The van der Waals surface area contributed by atoms with E-state index < -0.39 is 0 Å². The predicted molar refractivity (Wildman–Crippen MR) is 66.5 cm³/mol. The Morgan fingerprint density at radius 3 is 2.89 bits per heavy atom. The second-order valence-electron chi connectivity index (χ2n) is 4.11. The van der Waals surface area contributed by atoms with Crippen molar-refractivity contribution in [2.45, 2.75) is 6.04 Å². The molecule has 0 saturated heterocycles. The van der Waals surface area contributed by atoms with E-state index in [2.05, 4.69) is 10.4 Å². The van der Waals surface area contributed by atoms with Gasteiger partial charge in [-0.15, -0.1) is 0 Å². The van der Waals surface area contributed by atoms with Crippen LogP contribution < -0.4 is 5.32 Å². The minimum Gasteiger partial charge on any atom is -0.395 e. The number of hydrogen-bond acceptors (Lipinski definition) is 3. The van der Waals surface area contributed by atoms with Gasteiger partial charge in [-0.1, -0.05) is 12.1 Å². The Morgan fingerprint density at radius 1 is 1.44 bits per heavy atom. The number of hydrogen-bond donors (Lipinski definition) is 2. The van der Waals surface area contributed by atoms with Gasteiger partial charge in [-0.05, 0) is 17.7 Å². The number of nitrogens with one attached hydrogen (secondary N) is 1. The molecule has 1 atom stereocenters. The average molecular weight is 249 g/mol. The summed E-state index contributed by atoms with van der Waals surface area (Å²) in [4.78, 5) is 0. The van der Waals surface area contributed by atoms with E-state index in [1.165, 1.54) is 12.1 Å². The predicted octanol–water partition coefficient (Wildman–Crippen LogP) is 1.23. The highest BCUT2D eigenvalue weighted by atomic mass is 19.1. The van der Waals surface area contributed by atoms with Crippen molar-refractivity contribution in [2.75, 3.05) is 13.2 Å². The molecule has 0 aliphatic carbocycles. The van der Waals surface area contributed by atoms with Crippen molar-refractivity contribution in [3.8, 4) is 0 Å². The molecule has 1 aromatic carbocycles. The Hall–Kier alpha value is -1.72. The number of aryl methyl sites for hydroxylation is 1. The summed E-state index contributed by atoms with van der Waals surface area (Å²) >= 11 is 0. The Kier molecular flexibility index (Phi) is 4.07. The fraction of sp³-hybridized carbons (Fsp3) is 0.308. The lowest BCUT2D eigenvalue weighted by molar-refractivity contribution is 0.288. The summed E-state index contributed by atoms with van der Waals surface area (Å²) in [5, 5.41) is 16.2. The first-order valence-electron chi connectivity index (χ1n) is 5.79. The minimum absolute atomic E-state index is 0.0338. The maximum atomic E-state index is 13.3. The first-order valence-corrected chi connectivity index (χ1v) is 5.79. The SMILES string of the molecule is Cn1cc(C(NCCO)c2cccc(F)c2)cn1. The van der Waals surface area contributed by atoms with Crippen molar-refractivity contribution >= 4 is 0 Å². The quantitative estimate of drug-likeness (QED) is 0.838. The molecule has 1 heterocycles. The van der Waals surface area contributed by atoms with E-state index in [0.717, 1.165) is 11.1 Å². The molecule has 4 nitrogen and oxygen atoms in total. The van der Waals surface area contributed by atoms with Crippen molar-refractivity contribution in [1.82, 2.24) is 15.1 Å². The van der Waals surface area contributed by atoms with Crippen LogP contribution >= 0.6 is 0 Å². The Bertz CT molecular complexity index is 512. The van der Waals surface area contributed by atoms with Gasteiger partial charge < -0.3 is 10.4 Å². The summed E-state index contributed by atoms with van der Waals surface area (Å²) in [6.45, 7) is 0.474. The molecule has 0 amide bonds. The molecule has 2 aromatic rings. The third-order valence-electron chi connectivity index (χ3n) is 2.70. The lowest BCUT2D eigenvalue weighted by Crippen LogP contribution is -2.25. The Morgan fingerprint density at radius 2 is 2.28 bits per heavy atom. The van der Waals surface area contributed by atoms with Crippen LogP contribution in [0.15, 0.2) is 36.7 Å². The molecule has 96 valence electrons. The van der Waals surface area contributed by atoms with Gasteiger partial charge in [0.2, 0.25) is 0 Å². The maximum absolute atomic E-state index is 13.3. The summed E-state index contributed by atoms with van der Waals surface area (Å²) in [5.74, 6) is -0.271. The molecule has 0 bridgehead atoms. The summed E-state index contributed by atoms with van der Waals surface area (Å²) < 4.78 is 15.0. The van der Waals surface area contributed by atoms with E-state index in [-0.39, 0.29) is 18.5 Å². The number of halogens is 1. The molecule has 1 aromatic heterocycles. The van der Waals surface area contributed by atoms with Crippen molar-refractivity contribution in [3.63, 3.8) is 0 Å². The molecular weight excluding hydrogens is 233 g/mol. The number of aromatic nitrogens is 2. The monoisotopic (exact) mass is 249 g/mol. The third kappa shape index (κ3) is 2.94. The average Bonchev–Trinajstić information content (AvgIpc) is 2.76. The van der Waals surface area contributed by atoms with Crippen molar-refractivity contribution in [1.29, 1.82) is 0 Å².